The van der Waals surface area contributed by atoms with E-state index in [2.05, 4.69) is 5.32 Å². The fraction of sp³-hybridized carbons (Fsp3) is 0.0476. The molecule has 0 aliphatic heterocycles. The lowest BCUT2D eigenvalue weighted by Crippen LogP contribution is -2.14. The van der Waals surface area contributed by atoms with Crippen molar-refractivity contribution >= 4 is 23.4 Å². The zero-order valence-corrected chi connectivity index (χ0v) is 15.6. The summed E-state index contributed by atoms with van der Waals surface area (Å²) in [6.07, 6.45) is 1.16. The lowest BCUT2D eigenvalue weighted by molar-refractivity contribution is -0.384. The molecule has 1 aromatic heterocycles. The van der Waals surface area contributed by atoms with Gasteiger partial charge in [0.1, 0.15) is 34.7 Å². The number of furan rings is 1. The Labute approximate surface area is 170 Å². The molecule has 0 aliphatic rings. The summed E-state index contributed by atoms with van der Waals surface area (Å²) in [6.45, 7) is 0. The fourth-order valence-corrected chi connectivity index (χ4v) is 2.62. The molecule has 0 aliphatic carbocycles. The highest BCUT2D eigenvalue weighted by Crippen LogP contribution is 2.34. The van der Waals surface area contributed by atoms with Crippen LogP contribution in [0.4, 0.5) is 15.8 Å². The SMILES string of the molecule is COc1ccc(-c2ccc(/C=C(/C#N)C(=O)Nc3ccccc3F)o2)c([N+](=O)[O-])c1. The van der Waals surface area contributed by atoms with Crippen LogP contribution in [0.1, 0.15) is 5.76 Å². The summed E-state index contributed by atoms with van der Waals surface area (Å²) in [5, 5.41) is 22.9. The summed E-state index contributed by atoms with van der Waals surface area (Å²) in [5.74, 6) is -0.863. The predicted octanol–water partition coefficient (Wildman–Crippen LogP) is 4.55. The third-order valence-electron chi connectivity index (χ3n) is 4.07. The number of hydrogen-bond acceptors (Lipinski definition) is 6. The maximum Gasteiger partial charge on any atom is 0.284 e. The lowest BCUT2D eigenvalue weighted by atomic mass is 10.1. The number of benzene rings is 2. The average molecular weight is 407 g/mol. The highest BCUT2D eigenvalue weighted by Gasteiger charge is 2.20. The molecule has 3 rings (SSSR count). The molecule has 0 saturated carbocycles. The van der Waals surface area contributed by atoms with E-state index in [1.807, 2.05) is 0 Å². The van der Waals surface area contributed by atoms with Crippen LogP contribution in [0.5, 0.6) is 5.75 Å². The van der Waals surface area contributed by atoms with E-state index in [1.165, 1.54) is 55.6 Å². The molecular weight excluding hydrogens is 393 g/mol. The normalized spacial score (nSPS) is 10.9. The number of carbonyl (C=O) groups is 1. The summed E-state index contributed by atoms with van der Waals surface area (Å²) < 4.78 is 24.3. The molecule has 0 spiro atoms. The number of methoxy groups -OCH3 is 1. The van der Waals surface area contributed by atoms with Crippen molar-refractivity contribution in [3.63, 3.8) is 0 Å². The van der Waals surface area contributed by atoms with Gasteiger partial charge in [0.25, 0.3) is 11.6 Å². The minimum atomic E-state index is -0.823. The number of para-hydroxylation sites is 1. The Morgan fingerprint density at radius 1 is 1.27 bits per heavy atom. The number of nitro benzene ring substituents is 1. The second kappa shape index (κ2) is 8.70. The molecule has 1 N–H and O–H groups in total. The van der Waals surface area contributed by atoms with E-state index in [-0.39, 0.29) is 34.0 Å². The Hall–Kier alpha value is -4.45. The van der Waals surface area contributed by atoms with Crippen LogP contribution in [0.2, 0.25) is 0 Å². The van der Waals surface area contributed by atoms with Crippen molar-refractivity contribution in [2.45, 2.75) is 0 Å². The third-order valence-corrected chi connectivity index (χ3v) is 4.07. The zero-order valence-electron chi connectivity index (χ0n) is 15.6. The molecule has 0 atom stereocenters. The van der Waals surface area contributed by atoms with Crippen molar-refractivity contribution in [3.05, 3.63) is 81.9 Å². The van der Waals surface area contributed by atoms with Crippen LogP contribution in [0, 0.1) is 27.3 Å². The predicted molar refractivity (Wildman–Crippen MR) is 106 cm³/mol. The van der Waals surface area contributed by atoms with E-state index >= 15 is 0 Å². The van der Waals surface area contributed by atoms with Crippen LogP contribution in [0.25, 0.3) is 17.4 Å². The van der Waals surface area contributed by atoms with Gasteiger partial charge in [0.15, 0.2) is 0 Å². The van der Waals surface area contributed by atoms with Gasteiger partial charge in [-0.15, -0.1) is 0 Å². The highest BCUT2D eigenvalue weighted by molar-refractivity contribution is 6.09. The molecule has 150 valence electrons. The van der Waals surface area contributed by atoms with E-state index in [0.717, 1.165) is 6.08 Å². The first-order chi connectivity index (χ1) is 14.4. The van der Waals surface area contributed by atoms with Crippen LogP contribution in [-0.4, -0.2) is 17.9 Å². The second-order valence-corrected chi connectivity index (χ2v) is 5.95. The van der Waals surface area contributed by atoms with Crippen molar-refractivity contribution in [1.29, 1.82) is 5.26 Å². The maximum absolute atomic E-state index is 13.7. The minimum Gasteiger partial charge on any atom is -0.497 e. The first kappa shape index (κ1) is 20.3. The molecule has 0 saturated heterocycles. The number of nitrogens with one attached hydrogen (secondary N) is 1. The van der Waals surface area contributed by atoms with E-state index < -0.39 is 16.6 Å². The number of ether oxygens (including phenoxy) is 1. The van der Waals surface area contributed by atoms with Crippen LogP contribution >= 0.6 is 0 Å². The molecule has 0 bridgehead atoms. The van der Waals surface area contributed by atoms with Gasteiger partial charge >= 0.3 is 0 Å². The Morgan fingerprint density at radius 3 is 2.70 bits per heavy atom. The summed E-state index contributed by atoms with van der Waals surface area (Å²) in [4.78, 5) is 23.1. The number of nitriles is 1. The Balaban J connectivity index is 1.89. The number of amides is 1. The van der Waals surface area contributed by atoms with Crippen LogP contribution < -0.4 is 10.1 Å². The highest BCUT2D eigenvalue weighted by atomic mass is 19.1. The number of halogens is 1. The van der Waals surface area contributed by atoms with Crippen molar-refractivity contribution in [2.75, 3.05) is 12.4 Å². The monoisotopic (exact) mass is 407 g/mol. The molecule has 0 unspecified atom stereocenters. The number of carbonyl (C=O) groups excluding carboxylic acids is 1. The Kier molecular flexibility index (Phi) is 5.89. The summed E-state index contributed by atoms with van der Waals surface area (Å²) in [5.41, 5.74) is -0.423. The second-order valence-electron chi connectivity index (χ2n) is 5.95. The molecule has 8 nitrogen and oxygen atoms in total. The summed E-state index contributed by atoms with van der Waals surface area (Å²) in [6, 6.07) is 14.5. The number of hydrogen-bond donors (Lipinski definition) is 1. The van der Waals surface area contributed by atoms with Gasteiger partial charge in [0.05, 0.1) is 29.4 Å². The standard InChI is InChI=1S/C21H14FN3O5/c1-29-14-6-8-16(19(11-14)25(27)28)20-9-7-15(30-20)10-13(12-23)21(26)24-18-5-3-2-4-17(18)22/h2-11H,1H3,(H,24,26)/b13-10-. The van der Waals surface area contributed by atoms with Crippen LogP contribution in [0.15, 0.2) is 64.6 Å². The van der Waals surface area contributed by atoms with Gasteiger partial charge in [-0.05, 0) is 36.4 Å². The number of nitro groups is 1. The molecule has 1 amide bonds. The lowest BCUT2D eigenvalue weighted by Gasteiger charge is -2.05. The average Bonchev–Trinajstić information content (AvgIpc) is 3.21. The van der Waals surface area contributed by atoms with Gasteiger partial charge in [-0.1, -0.05) is 12.1 Å². The topological polar surface area (TPSA) is 118 Å². The molecule has 0 fully saturated rings. The molecule has 0 radical (unpaired) electrons. The van der Waals surface area contributed by atoms with Crippen molar-refractivity contribution < 1.29 is 23.3 Å². The van der Waals surface area contributed by atoms with E-state index in [1.54, 1.807) is 12.1 Å². The van der Waals surface area contributed by atoms with Gasteiger partial charge in [-0.25, -0.2) is 4.39 Å². The van der Waals surface area contributed by atoms with Crippen molar-refractivity contribution in [3.8, 4) is 23.1 Å². The zero-order chi connectivity index (χ0) is 21.7. The molecule has 1 heterocycles. The molecular formula is C21H14FN3O5. The van der Waals surface area contributed by atoms with E-state index in [4.69, 9.17) is 9.15 Å². The van der Waals surface area contributed by atoms with Crippen LogP contribution in [0.3, 0.4) is 0 Å². The van der Waals surface area contributed by atoms with E-state index in [9.17, 15) is 24.6 Å². The first-order valence-corrected chi connectivity index (χ1v) is 8.53. The van der Waals surface area contributed by atoms with Gasteiger partial charge in [0, 0.05) is 6.08 Å². The minimum absolute atomic E-state index is 0.0716. The van der Waals surface area contributed by atoms with E-state index in [0.29, 0.717) is 5.75 Å². The molecule has 3 aromatic rings. The van der Waals surface area contributed by atoms with Gasteiger partial charge in [0.2, 0.25) is 0 Å². The van der Waals surface area contributed by atoms with Crippen LogP contribution in [-0.2, 0) is 4.79 Å². The Bertz CT molecular complexity index is 1190. The number of rotatable bonds is 6. The molecule has 2 aromatic carbocycles. The largest absolute Gasteiger partial charge is 0.497 e. The first-order valence-electron chi connectivity index (χ1n) is 8.53. The Morgan fingerprint density at radius 2 is 2.03 bits per heavy atom. The molecule has 30 heavy (non-hydrogen) atoms. The fourth-order valence-electron chi connectivity index (χ4n) is 2.62. The van der Waals surface area contributed by atoms with Gasteiger partial charge in [-0.2, -0.15) is 5.26 Å². The smallest absolute Gasteiger partial charge is 0.284 e. The summed E-state index contributed by atoms with van der Waals surface area (Å²) >= 11 is 0. The summed E-state index contributed by atoms with van der Waals surface area (Å²) in [7, 11) is 1.39. The third kappa shape index (κ3) is 4.34. The van der Waals surface area contributed by atoms with Gasteiger partial charge < -0.3 is 14.5 Å². The van der Waals surface area contributed by atoms with Crippen molar-refractivity contribution in [2.24, 2.45) is 0 Å². The number of nitrogens with zero attached hydrogens (tertiary/aromatic N) is 2. The quantitative estimate of drug-likeness (QED) is 0.277. The van der Waals surface area contributed by atoms with Gasteiger partial charge in [-0.3, -0.25) is 14.9 Å². The number of anilines is 1. The molecule has 9 heteroatoms. The maximum atomic E-state index is 13.7. The van der Waals surface area contributed by atoms with Crippen molar-refractivity contribution in [1.82, 2.24) is 0 Å².